The lowest BCUT2D eigenvalue weighted by molar-refractivity contribution is 0.239. The highest BCUT2D eigenvalue weighted by Crippen LogP contribution is 2.66. The molecule has 1 heterocycles. The lowest BCUT2D eigenvalue weighted by Gasteiger charge is -2.59. The molecular formula is C14H32ClOPSi3. The Bertz CT molecular complexity index is 365. The molecule has 0 N–H and O–H groups in total. The molecule has 0 amide bonds. The average Bonchev–Trinajstić information content (AvgIpc) is 2.09. The molecule has 0 aromatic rings. The summed E-state index contributed by atoms with van der Waals surface area (Å²) >= 11 is 7.05. The van der Waals surface area contributed by atoms with Crippen molar-refractivity contribution >= 4 is 43.0 Å². The highest BCUT2D eigenvalue weighted by molar-refractivity contribution is 7.89. The standard InChI is InChI=1S/C14H32ClOPSi3/c1-18(2,3)14(19(4,5)6)13(16-20(7,8)9)11-10-12-17(14)15/h10-11,13H,12H2,1-9H3/t13-,17-/m0/s1. The fourth-order valence-electron chi connectivity index (χ4n) is 3.91. The Hall–Kier alpha value is 1.07. The summed E-state index contributed by atoms with van der Waals surface area (Å²) in [6.45, 7) is 21.9. The second kappa shape index (κ2) is 5.93. The monoisotopic (exact) mass is 366 g/mol. The van der Waals surface area contributed by atoms with Crippen LogP contribution in [0.15, 0.2) is 12.2 Å². The number of allylic oxidation sites excluding steroid dienone is 1. The Kier molecular flexibility index (Phi) is 5.67. The number of hydrogen-bond acceptors (Lipinski definition) is 1. The van der Waals surface area contributed by atoms with E-state index in [-0.39, 0.29) is 10.5 Å². The summed E-state index contributed by atoms with van der Waals surface area (Å²) in [4.78, 5) is 0. The van der Waals surface area contributed by atoms with Crippen molar-refractivity contribution in [3.8, 4) is 0 Å². The first kappa shape index (κ1) is 19.1. The summed E-state index contributed by atoms with van der Waals surface area (Å²) in [7, 11) is -5.00. The van der Waals surface area contributed by atoms with Crippen LogP contribution in [-0.4, -0.2) is 41.1 Å². The summed E-state index contributed by atoms with van der Waals surface area (Å²) in [5.74, 6) is 0. The van der Waals surface area contributed by atoms with Crippen LogP contribution in [0.25, 0.3) is 0 Å². The van der Waals surface area contributed by atoms with Gasteiger partial charge in [0.1, 0.15) is 0 Å². The van der Waals surface area contributed by atoms with E-state index in [2.05, 4.69) is 71.1 Å². The molecule has 0 saturated heterocycles. The molecule has 1 rings (SSSR count). The third kappa shape index (κ3) is 3.52. The predicted octanol–water partition coefficient (Wildman–Crippen LogP) is 5.91. The SMILES string of the molecule is C[Si](C)(C)O[C@H]1C=CC[P@](Cl)C1([Si](C)(C)C)[Si](C)(C)C. The molecule has 0 saturated carbocycles. The number of hydrogen-bond donors (Lipinski definition) is 0. The highest BCUT2D eigenvalue weighted by atomic mass is 35.7. The molecular weight excluding hydrogens is 335 g/mol. The minimum atomic E-state index is -1.58. The predicted molar refractivity (Wildman–Crippen MR) is 104 cm³/mol. The van der Waals surface area contributed by atoms with Gasteiger partial charge in [0.25, 0.3) is 0 Å². The molecule has 2 atom stereocenters. The zero-order chi connectivity index (χ0) is 16.0. The zero-order valence-corrected chi connectivity index (χ0v) is 19.3. The van der Waals surface area contributed by atoms with Gasteiger partial charge in [0.15, 0.2) is 8.32 Å². The third-order valence-corrected chi connectivity index (χ3v) is 24.0. The smallest absolute Gasteiger partial charge is 0.184 e. The van der Waals surface area contributed by atoms with E-state index in [4.69, 9.17) is 15.7 Å². The van der Waals surface area contributed by atoms with Crippen molar-refractivity contribution in [1.29, 1.82) is 0 Å². The summed E-state index contributed by atoms with van der Waals surface area (Å²) < 4.78 is 6.94. The molecule has 0 aromatic carbocycles. The van der Waals surface area contributed by atoms with Gasteiger partial charge in [0.2, 0.25) is 0 Å². The second-order valence-corrected chi connectivity index (χ2v) is 28.3. The molecule has 1 nitrogen and oxygen atoms in total. The lowest BCUT2D eigenvalue weighted by Crippen LogP contribution is -2.72. The lowest BCUT2D eigenvalue weighted by atomic mass is 10.3. The van der Waals surface area contributed by atoms with E-state index in [1.807, 2.05) is 0 Å². The van der Waals surface area contributed by atoms with Crippen LogP contribution in [0.2, 0.25) is 58.9 Å². The van der Waals surface area contributed by atoms with Crippen molar-refractivity contribution in [2.24, 2.45) is 0 Å². The highest BCUT2D eigenvalue weighted by Gasteiger charge is 2.62. The van der Waals surface area contributed by atoms with Gasteiger partial charge < -0.3 is 4.43 Å². The van der Waals surface area contributed by atoms with E-state index in [1.54, 1.807) is 0 Å². The van der Waals surface area contributed by atoms with E-state index < -0.39 is 31.7 Å². The van der Waals surface area contributed by atoms with Crippen LogP contribution in [0.3, 0.4) is 0 Å². The maximum absolute atomic E-state index is 7.05. The normalized spacial score (nSPS) is 27.7. The summed E-state index contributed by atoms with van der Waals surface area (Å²) in [6, 6.07) is 0. The fraction of sp³-hybridized carbons (Fsp3) is 0.857. The molecule has 0 unspecified atom stereocenters. The van der Waals surface area contributed by atoms with Gasteiger partial charge in [-0.1, -0.05) is 62.7 Å². The van der Waals surface area contributed by atoms with E-state index in [9.17, 15) is 0 Å². The molecule has 0 fully saturated rings. The third-order valence-electron chi connectivity index (χ3n) is 4.14. The topological polar surface area (TPSA) is 9.23 Å². The van der Waals surface area contributed by atoms with E-state index >= 15 is 0 Å². The van der Waals surface area contributed by atoms with Gasteiger partial charge in [-0.2, -0.15) is 0 Å². The minimum Gasteiger partial charge on any atom is -0.411 e. The Morgan fingerprint density at radius 2 is 1.45 bits per heavy atom. The maximum Gasteiger partial charge on any atom is 0.184 e. The van der Waals surface area contributed by atoms with Crippen LogP contribution < -0.4 is 0 Å². The Labute approximate surface area is 135 Å². The van der Waals surface area contributed by atoms with Crippen LogP contribution >= 0.6 is 18.5 Å². The summed E-state index contributed by atoms with van der Waals surface area (Å²) in [5.41, 5.74) is 0. The van der Waals surface area contributed by atoms with Crippen molar-refractivity contribution in [3.05, 3.63) is 12.2 Å². The molecule has 0 radical (unpaired) electrons. The molecule has 20 heavy (non-hydrogen) atoms. The van der Waals surface area contributed by atoms with E-state index in [1.165, 1.54) is 0 Å². The van der Waals surface area contributed by atoms with Crippen molar-refractivity contribution in [1.82, 2.24) is 0 Å². The van der Waals surface area contributed by atoms with Gasteiger partial charge >= 0.3 is 0 Å². The molecule has 0 aliphatic carbocycles. The van der Waals surface area contributed by atoms with Crippen molar-refractivity contribution < 1.29 is 4.43 Å². The van der Waals surface area contributed by atoms with Gasteiger partial charge in [-0.25, -0.2) is 0 Å². The van der Waals surface area contributed by atoms with Gasteiger partial charge in [-0.3, -0.25) is 0 Å². The summed E-state index contributed by atoms with van der Waals surface area (Å²) in [5, 5.41) is 0. The quantitative estimate of drug-likeness (QED) is 0.341. The van der Waals surface area contributed by atoms with Crippen LogP contribution in [0, 0.1) is 0 Å². The van der Waals surface area contributed by atoms with E-state index in [0.717, 1.165) is 6.16 Å². The minimum absolute atomic E-state index is 0.255. The Morgan fingerprint density at radius 1 is 1.00 bits per heavy atom. The summed E-state index contributed by atoms with van der Waals surface area (Å²) in [6.07, 6.45) is 5.96. The van der Waals surface area contributed by atoms with Gasteiger partial charge in [-0.15, -0.1) is 0 Å². The average molecular weight is 367 g/mol. The van der Waals surface area contributed by atoms with E-state index in [0.29, 0.717) is 0 Å². The molecule has 6 heteroatoms. The van der Waals surface area contributed by atoms with Crippen LogP contribution in [0.1, 0.15) is 0 Å². The molecule has 1 aliphatic heterocycles. The number of rotatable bonds is 4. The van der Waals surface area contributed by atoms with Crippen LogP contribution in [0.4, 0.5) is 0 Å². The second-order valence-electron chi connectivity index (χ2n) is 8.89. The molecule has 1 aliphatic rings. The fourth-order valence-corrected chi connectivity index (χ4v) is 28.8. The zero-order valence-electron chi connectivity index (χ0n) is 14.7. The Balaban J connectivity index is 3.45. The first-order valence-electron chi connectivity index (χ1n) is 7.51. The first-order valence-corrected chi connectivity index (χ1v) is 20.4. The Morgan fingerprint density at radius 3 is 1.80 bits per heavy atom. The molecule has 0 bridgehead atoms. The largest absolute Gasteiger partial charge is 0.411 e. The number of halogens is 1. The van der Waals surface area contributed by atoms with Crippen LogP contribution in [0.5, 0.6) is 0 Å². The molecule has 0 spiro atoms. The molecule has 0 aromatic heterocycles. The van der Waals surface area contributed by atoms with Crippen LogP contribution in [-0.2, 0) is 4.43 Å². The van der Waals surface area contributed by atoms with Crippen molar-refractivity contribution in [3.63, 3.8) is 0 Å². The van der Waals surface area contributed by atoms with Gasteiger partial charge in [0.05, 0.1) is 22.3 Å². The van der Waals surface area contributed by atoms with Crippen molar-refractivity contribution in [2.75, 3.05) is 6.16 Å². The maximum atomic E-state index is 7.05. The molecule has 118 valence electrons. The van der Waals surface area contributed by atoms with Gasteiger partial charge in [-0.05, 0) is 33.1 Å². The van der Waals surface area contributed by atoms with Crippen molar-refractivity contribution in [2.45, 2.75) is 69.4 Å². The first-order chi connectivity index (χ1) is 8.73. The van der Waals surface area contributed by atoms with Gasteiger partial charge in [0, 0.05) is 4.40 Å².